The summed E-state index contributed by atoms with van der Waals surface area (Å²) in [4.78, 5) is 12.1. The third kappa shape index (κ3) is 2.59. The minimum atomic E-state index is -3.74. The number of aryl methyl sites for hydroxylation is 1. The van der Waals surface area contributed by atoms with E-state index in [1.54, 1.807) is 36.9 Å². The fourth-order valence-corrected chi connectivity index (χ4v) is 3.57. The number of aromatic nitrogens is 2. The molecule has 2 aromatic rings. The van der Waals surface area contributed by atoms with Crippen molar-refractivity contribution in [1.82, 2.24) is 9.78 Å². The minimum Gasteiger partial charge on any atom is -0.325 e. The van der Waals surface area contributed by atoms with Crippen molar-refractivity contribution >= 4 is 27.3 Å². The Kier molecular flexibility index (Phi) is 3.44. The van der Waals surface area contributed by atoms with Crippen LogP contribution in [0, 0.1) is 0 Å². The second-order valence-electron chi connectivity index (χ2n) is 5.98. The van der Waals surface area contributed by atoms with E-state index in [0.29, 0.717) is 23.5 Å². The van der Waals surface area contributed by atoms with Gasteiger partial charge in [0.05, 0.1) is 22.2 Å². The molecule has 122 valence electrons. The second-order valence-corrected chi connectivity index (χ2v) is 7.66. The number of carbonyl (C=O) groups excluding carboxylic acids is 1. The van der Waals surface area contributed by atoms with E-state index in [1.807, 2.05) is 6.92 Å². The van der Waals surface area contributed by atoms with Crippen LogP contribution in [0.3, 0.4) is 0 Å². The van der Waals surface area contributed by atoms with E-state index in [2.05, 4.69) is 15.1 Å². The summed E-state index contributed by atoms with van der Waals surface area (Å²) < 4.78 is 29.2. The average molecular weight is 334 g/mol. The van der Waals surface area contributed by atoms with Crippen molar-refractivity contribution in [3.63, 3.8) is 0 Å². The molecule has 0 unspecified atom stereocenters. The van der Waals surface area contributed by atoms with Crippen LogP contribution in [0.15, 0.2) is 35.5 Å². The number of sulfonamides is 1. The number of hydrogen-bond acceptors (Lipinski definition) is 4. The Bertz CT molecular complexity index is 884. The van der Waals surface area contributed by atoms with Crippen LogP contribution in [0.2, 0.25) is 0 Å². The van der Waals surface area contributed by atoms with E-state index in [-0.39, 0.29) is 10.8 Å². The third-order valence-corrected chi connectivity index (χ3v) is 5.38. The smallest absolute Gasteiger partial charge is 0.262 e. The van der Waals surface area contributed by atoms with E-state index >= 15 is 0 Å². The zero-order valence-electron chi connectivity index (χ0n) is 13.1. The fourth-order valence-electron chi connectivity index (χ4n) is 2.52. The van der Waals surface area contributed by atoms with Gasteiger partial charge < -0.3 is 5.32 Å². The van der Waals surface area contributed by atoms with E-state index in [1.165, 1.54) is 12.3 Å². The van der Waals surface area contributed by atoms with Gasteiger partial charge in [-0.15, -0.1) is 0 Å². The van der Waals surface area contributed by atoms with Crippen molar-refractivity contribution in [3.8, 4) is 0 Å². The monoisotopic (exact) mass is 334 g/mol. The molecule has 1 aromatic heterocycles. The molecule has 7 nitrogen and oxygen atoms in total. The Morgan fingerprint density at radius 2 is 2.09 bits per heavy atom. The predicted molar refractivity (Wildman–Crippen MR) is 86.8 cm³/mol. The van der Waals surface area contributed by atoms with Crippen LogP contribution < -0.4 is 10.0 Å². The molecular weight excluding hydrogens is 316 g/mol. The van der Waals surface area contributed by atoms with Gasteiger partial charge in [-0.05, 0) is 44.5 Å². The van der Waals surface area contributed by atoms with Gasteiger partial charge >= 0.3 is 0 Å². The van der Waals surface area contributed by atoms with Crippen molar-refractivity contribution in [2.24, 2.45) is 0 Å². The number of anilines is 2. The highest BCUT2D eigenvalue weighted by atomic mass is 32.2. The summed E-state index contributed by atoms with van der Waals surface area (Å²) in [6, 6.07) is 4.64. The summed E-state index contributed by atoms with van der Waals surface area (Å²) in [5.74, 6) is -0.140. The van der Waals surface area contributed by atoms with Crippen molar-refractivity contribution in [2.75, 3.05) is 10.0 Å². The minimum absolute atomic E-state index is 0.116. The molecule has 0 saturated heterocycles. The molecule has 23 heavy (non-hydrogen) atoms. The number of rotatable bonds is 4. The number of nitrogens with zero attached hydrogens (tertiary/aromatic N) is 2. The third-order valence-electron chi connectivity index (χ3n) is 4.00. The Hall–Kier alpha value is -2.35. The van der Waals surface area contributed by atoms with Crippen LogP contribution in [0.25, 0.3) is 0 Å². The zero-order chi connectivity index (χ0) is 16.8. The van der Waals surface area contributed by atoms with Gasteiger partial charge in [-0.25, -0.2) is 8.42 Å². The first-order valence-electron chi connectivity index (χ1n) is 7.25. The predicted octanol–water partition coefficient (Wildman–Crippen LogP) is 1.93. The normalized spacial score (nSPS) is 16.0. The van der Waals surface area contributed by atoms with Gasteiger partial charge in [-0.1, -0.05) is 0 Å². The molecule has 0 bridgehead atoms. The molecule has 0 fully saturated rings. The molecule has 1 amide bonds. The summed E-state index contributed by atoms with van der Waals surface area (Å²) >= 11 is 0. The molecule has 0 radical (unpaired) electrons. The lowest BCUT2D eigenvalue weighted by atomic mass is 9.86. The lowest BCUT2D eigenvalue weighted by Crippen LogP contribution is -2.27. The van der Waals surface area contributed by atoms with Gasteiger partial charge in [0.2, 0.25) is 5.91 Å². The van der Waals surface area contributed by atoms with Crippen LogP contribution >= 0.6 is 0 Å². The molecule has 2 N–H and O–H groups in total. The molecule has 0 aliphatic carbocycles. The summed E-state index contributed by atoms with van der Waals surface area (Å²) in [5, 5.41) is 6.80. The van der Waals surface area contributed by atoms with Gasteiger partial charge in [0.15, 0.2) is 0 Å². The van der Waals surface area contributed by atoms with E-state index in [0.717, 1.165) is 0 Å². The summed E-state index contributed by atoms with van der Waals surface area (Å²) in [6.07, 6.45) is 3.09. The summed E-state index contributed by atoms with van der Waals surface area (Å²) in [7, 11) is -3.74. The lowest BCUT2D eigenvalue weighted by molar-refractivity contribution is -0.119. The summed E-state index contributed by atoms with van der Waals surface area (Å²) in [5.41, 5.74) is 0.974. The van der Waals surface area contributed by atoms with Crippen LogP contribution in [0.1, 0.15) is 26.3 Å². The maximum atomic E-state index is 12.5. The zero-order valence-corrected chi connectivity index (χ0v) is 13.9. The van der Waals surface area contributed by atoms with Gasteiger partial charge in [0.1, 0.15) is 0 Å². The molecule has 1 aliphatic rings. The van der Waals surface area contributed by atoms with Crippen LogP contribution in [0.5, 0.6) is 0 Å². The van der Waals surface area contributed by atoms with E-state index in [4.69, 9.17) is 0 Å². The van der Waals surface area contributed by atoms with E-state index in [9.17, 15) is 13.2 Å². The topological polar surface area (TPSA) is 93.1 Å². The van der Waals surface area contributed by atoms with Crippen LogP contribution in [-0.2, 0) is 26.8 Å². The van der Waals surface area contributed by atoms with Gasteiger partial charge in [-0.2, -0.15) is 5.10 Å². The SMILES string of the molecule is CCn1cc(NS(=O)(=O)c2ccc3c(c2)C(C)(C)C(=O)N3)cn1. The van der Waals surface area contributed by atoms with Crippen LogP contribution in [-0.4, -0.2) is 24.1 Å². The second kappa shape index (κ2) is 5.09. The Labute approximate surface area is 134 Å². The number of amides is 1. The number of benzene rings is 1. The molecule has 0 saturated carbocycles. The van der Waals surface area contributed by atoms with Gasteiger partial charge in [-0.3, -0.25) is 14.2 Å². The fraction of sp³-hybridized carbons (Fsp3) is 0.333. The van der Waals surface area contributed by atoms with Crippen molar-refractivity contribution in [1.29, 1.82) is 0 Å². The van der Waals surface area contributed by atoms with Gasteiger partial charge in [0, 0.05) is 18.4 Å². The molecule has 3 rings (SSSR count). The van der Waals surface area contributed by atoms with E-state index < -0.39 is 15.4 Å². The highest BCUT2D eigenvalue weighted by Gasteiger charge is 2.39. The van der Waals surface area contributed by atoms with Crippen molar-refractivity contribution in [3.05, 3.63) is 36.2 Å². The molecule has 1 aromatic carbocycles. The molecular formula is C15H18N4O3S. The Morgan fingerprint density at radius 3 is 2.74 bits per heavy atom. The maximum absolute atomic E-state index is 12.5. The molecule has 1 aliphatic heterocycles. The molecule has 0 atom stereocenters. The lowest BCUT2D eigenvalue weighted by Gasteiger charge is -2.16. The number of nitrogens with one attached hydrogen (secondary N) is 2. The standard InChI is InChI=1S/C15H18N4O3S/c1-4-19-9-10(8-16-19)18-23(21,22)11-5-6-13-12(7-11)15(2,3)14(20)17-13/h5-9,18H,4H2,1-3H3,(H,17,20). The van der Waals surface area contributed by atoms with Gasteiger partial charge in [0.25, 0.3) is 10.0 Å². The first-order valence-corrected chi connectivity index (χ1v) is 8.73. The summed E-state index contributed by atoms with van der Waals surface area (Å²) in [6.45, 7) is 6.10. The highest BCUT2D eigenvalue weighted by Crippen LogP contribution is 2.38. The first kappa shape index (κ1) is 15.5. The number of carbonyl (C=O) groups is 1. The average Bonchev–Trinajstić information content (AvgIpc) is 3.02. The first-order chi connectivity index (χ1) is 10.7. The van der Waals surface area contributed by atoms with Crippen molar-refractivity contribution < 1.29 is 13.2 Å². The van der Waals surface area contributed by atoms with Crippen LogP contribution in [0.4, 0.5) is 11.4 Å². The quantitative estimate of drug-likeness (QED) is 0.893. The number of hydrogen-bond donors (Lipinski definition) is 2. The number of fused-ring (bicyclic) bond motifs is 1. The maximum Gasteiger partial charge on any atom is 0.262 e. The largest absolute Gasteiger partial charge is 0.325 e. The highest BCUT2D eigenvalue weighted by molar-refractivity contribution is 7.92. The Morgan fingerprint density at radius 1 is 1.35 bits per heavy atom. The van der Waals surface area contributed by atoms with Crippen molar-refractivity contribution in [2.45, 2.75) is 37.6 Å². The molecule has 0 spiro atoms. The molecule has 2 heterocycles. The molecule has 8 heteroatoms. The Balaban J connectivity index is 1.96.